The molecule has 0 saturated carbocycles. The Bertz CT molecular complexity index is 314. The van der Waals surface area contributed by atoms with Crippen LogP contribution in [-0.2, 0) is 4.79 Å². The Labute approximate surface area is 97.4 Å². The highest BCUT2D eigenvalue weighted by Crippen LogP contribution is 2.12. The van der Waals surface area contributed by atoms with Crippen LogP contribution in [0.25, 0.3) is 0 Å². The number of rotatable bonds is 4. The Balaban J connectivity index is 1.86. The van der Waals surface area contributed by atoms with Crippen LogP contribution < -0.4 is 0 Å². The molecule has 0 aromatic rings. The Kier molecular flexibility index (Phi) is 3.78. The quantitative estimate of drug-likeness (QED) is 0.716. The lowest BCUT2D eigenvalue weighted by Crippen LogP contribution is -2.36. The van der Waals surface area contributed by atoms with E-state index in [1.165, 1.54) is 25.9 Å². The van der Waals surface area contributed by atoms with E-state index in [2.05, 4.69) is 15.9 Å². The van der Waals surface area contributed by atoms with Gasteiger partial charge in [0, 0.05) is 26.6 Å². The molecule has 2 aliphatic rings. The summed E-state index contributed by atoms with van der Waals surface area (Å²) in [4.78, 5) is 16.1. The molecule has 0 aromatic heterocycles. The molecule has 2 rings (SSSR count). The Morgan fingerprint density at radius 2 is 2.06 bits per heavy atom. The van der Waals surface area contributed by atoms with Gasteiger partial charge in [-0.1, -0.05) is 12.2 Å². The molecule has 16 heavy (non-hydrogen) atoms. The van der Waals surface area contributed by atoms with Crippen molar-refractivity contribution in [3.8, 4) is 0 Å². The fourth-order valence-electron chi connectivity index (χ4n) is 2.37. The first-order valence-electron chi connectivity index (χ1n) is 6.12. The molecule has 3 nitrogen and oxygen atoms in total. The lowest BCUT2D eigenvalue weighted by molar-refractivity contribution is -0.115. The molecule has 3 heteroatoms. The molecule has 0 unspecified atom stereocenters. The third-order valence-corrected chi connectivity index (χ3v) is 3.30. The molecule has 1 saturated heterocycles. The van der Waals surface area contributed by atoms with Crippen molar-refractivity contribution in [3.63, 3.8) is 0 Å². The normalized spacial score (nSPS) is 21.3. The predicted octanol–water partition coefficient (Wildman–Crippen LogP) is 1.43. The number of carbonyl (C=O) groups excluding carboxylic acids is 1. The summed E-state index contributed by atoms with van der Waals surface area (Å²) in [5, 5.41) is 0. The Morgan fingerprint density at radius 3 is 2.75 bits per heavy atom. The van der Waals surface area contributed by atoms with Gasteiger partial charge in [0.1, 0.15) is 0 Å². The molecule has 0 aliphatic carbocycles. The summed E-state index contributed by atoms with van der Waals surface area (Å²) in [5.74, 6) is 0.172. The lowest BCUT2D eigenvalue weighted by Gasteiger charge is -2.28. The van der Waals surface area contributed by atoms with Gasteiger partial charge in [0.2, 0.25) is 0 Å². The minimum absolute atomic E-state index is 0.172. The van der Waals surface area contributed by atoms with Gasteiger partial charge in [-0.25, -0.2) is 0 Å². The van der Waals surface area contributed by atoms with E-state index in [9.17, 15) is 4.79 Å². The molecule has 0 N–H and O–H groups in total. The maximum absolute atomic E-state index is 11.4. The van der Waals surface area contributed by atoms with E-state index in [1.807, 2.05) is 12.2 Å². The first-order chi connectivity index (χ1) is 7.77. The minimum atomic E-state index is 0.172. The average Bonchev–Trinajstić information content (AvgIpc) is 2.79. The second-order valence-electron chi connectivity index (χ2n) is 4.53. The number of hydrogen-bond acceptors (Lipinski definition) is 3. The van der Waals surface area contributed by atoms with Gasteiger partial charge in [-0.15, -0.1) is 0 Å². The van der Waals surface area contributed by atoms with Crippen LogP contribution in [0.4, 0.5) is 0 Å². The van der Waals surface area contributed by atoms with Crippen molar-refractivity contribution in [1.82, 2.24) is 9.80 Å². The van der Waals surface area contributed by atoms with Crippen molar-refractivity contribution >= 4 is 5.78 Å². The SMILES string of the molecule is CC(=O)C1=CC=CCN1CCN1CCCC1. The highest BCUT2D eigenvalue weighted by molar-refractivity contribution is 5.93. The summed E-state index contributed by atoms with van der Waals surface area (Å²) in [6.07, 6.45) is 8.67. The summed E-state index contributed by atoms with van der Waals surface area (Å²) in [6, 6.07) is 0. The molecule has 0 atom stereocenters. The van der Waals surface area contributed by atoms with Gasteiger partial charge in [-0.05, 0) is 32.0 Å². The molecule has 0 radical (unpaired) electrons. The number of likely N-dealkylation sites (tertiary alicyclic amines) is 1. The van der Waals surface area contributed by atoms with Gasteiger partial charge < -0.3 is 9.80 Å². The molecule has 2 heterocycles. The Hall–Kier alpha value is -1.09. The van der Waals surface area contributed by atoms with Gasteiger partial charge in [0.25, 0.3) is 0 Å². The van der Waals surface area contributed by atoms with Crippen LogP contribution in [-0.4, -0.2) is 48.3 Å². The zero-order chi connectivity index (χ0) is 11.4. The topological polar surface area (TPSA) is 23.6 Å². The molecular formula is C13H20N2O. The number of nitrogens with zero attached hydrogens (tertiary/aromatic N) is 2. The van der Waals surface area contributed by atoms with Gasteiger partial charge in [-0.2, -0.15) is 0 Å². The highest BCUT2D eigenvalue weighted by Gasteiger charge is 2.17. The molecule has 0 spiro atoms. The molecule has 2 aliphatic heterocycles. The number of hydrogen-bond donors (Lipinski definition) is 0. The third-order valence-electron chi connectivity index (χ3n) is 3.30. The van der Waals surface area contributed by atoms with Crippen molar-refractivity contribution in [2.45, 2.75) is 19.8 Å². The molecule has 0 amide bonds. The van der Waals surface area contributed by atoms with Crippen LogP contribution in [0.5, 0.6) is 0 Å². The smallest absolute Gasteiger partial charge is 0.175 e. The summed E-state index contributed by atoms with van der Waals surface area (Å²) < 4.78 is 0. The number of ketones is 1. The molecule has 1 fully saturated rings. The van der Waals surface area contributed by atoms with E-state index in [0.717, 1.165) is 25.3 Å². The largest absolute Gasteiger partial charge is 0.364 e. The van der Waals surface area contributed by atoms with Crippen LogP contribution in [0, 0.1) is 0 Å². The van der Waals surface area contributed by atoms with Gasteiger partial charge in [-0.3, -0.25) is 4.79 Å². The second kappa shape index (κ2) is 5.30. The molecule has 0 aromatic carbocycles. The maximum atomic E-state index is 11.4. The van der Waals surface area contributed by atoms with Crippen molar-refractivity contribution in [2.75, 3.05) is 32.7 Å². The van der Waals surface area contributed by atoms with Crippen LogP contribution in [0.2, 0.25) is 0 Å². The fraction of sp³-hybridized carbons (Fsp3) is 0.615. The van der Waals surface area contributed by atoms with Gasteiger partial charge in [0.05, 0.1) is 5.70 Å². The molecular weight excluding hydrogens is 200 g/mol. The van der Waals surface area contributed by atoms with Crippen molar-refractivity contribution in [1.29, 1.82) is 0 Å². The van der Waals surface area contributed by atoms with Crippen LogP contribution in [0.15, 0.2) is 23.9 Å². The number of carbonyl (C=O) groups is 1. The average molecular weight is 220 g/mol. The minimum Gasteiger partial charge on any atom is -0.364 e. The summed E-state index contributed by atoms with van der Waals surface area (Å²) in [7, 11) is 0. The summed E-state index contributed by atoms with van der Waals surface area (Å²) in [5.41, 5.74) is 0.863. The zero-order valence-corrected chi connectivity index (χ0v) is 9.98. The van der Waals surface area contributed by atoms with Crippen LogP contribution in [0.3, 0.4) is 0 Å². The van der Waals surface area contributed by atoms with Crippen molar-refractivity contribution in [3.05, 3.63) is 23.9 Å². The number of Topliss-reactive ketones (excluding diaryl/α,β-unsaturated/α-hetero) is 1. The summed E-state index contributed by atoms with van der Waals surface area (Å²) in [6.45, 7) is 7.02. The first kappa shape index (κ1) is 11.4. The molecule has 88 valence electrons. The number of allylic oxidation sites excluding steroid dienone is 3. The Morgan fingerprint density at radius 1 is 1.31 bits per heavy atom. The van der Waals surface area contributed by atoms with Gasteiger partial charge >= 0.3 is 0 Å². The standard InChI is InChI=1S/C13H20N2O/c1-12(16)13-6-2-3-9-15(13)11-10-14-7-4-5-8-14/h2-3,6H,4-5,7-11H2,1H3. The van der Waals surface area contributed by atoms with E-state index < -0.39 is 0 Å². The van der Waals surface area contributed by atoms with E-state index in [-0.39, 0.29) is 5.78 Å². The van der Waals surface area contributed by atoms with Crippen molar-refractivity contribution < 1.29 is 4.79 Å². The van der Waals surface area contributed by atoms with Crippen molar-refractivity contribution in [2.24, 2.45) is 0 Å². The molecule has 0 bridgehead atoms. The monoisotopic (exact) mass is 220 g/mol. The second-order valence-corrected chi connectivity index (χ2v) is 4.53. The van der Waals surface area contributed by atoms with E-state index in [0.29, 0.717) is 0 Å². The highest BCUT2D eigenvalue weighted by atomic mass is 16.1. The van der Waals surface area contributed by atoms with Crippen LogP contribution >= 0.6 is 0 Å². The summed E-state index contributed by atoms with van der Waals surface area (Å²) >= 11 is 0. The fourth-order valence-corrected chi connectivity index (χ4v) is 2.37. The van der Waals surface area contributed by atoms with E-state index in [1.54, 1.807) is 6.92 Å². The maximum Gasteiger partial charge on any atom is 0.175 e. The zero-order valence-electron chi connectivity index (χ0n) is 9.98. The third kappa shape index (κ3) is 2.73. The van der Waals surface area contributed by atoms with E-state index >= 15 is 0 Å². The first-order valence-corrected chi connectivity index (χ1v) is 6.12. The van der Waals surface area contributed by atoms with Gasteiger partial charge in [0.15, 0.2) is 5.78 Å². The van der Waals surface area contributed by atoms with Crippen LogP contribution in [0.1, 0.15) is 19.8 Å². The van der Waals surface area contributed by atoms with E-state index in [4.69, 9.17) is 0 Å². The lowest BCUT2D eigenvalue weighted by atomic mass is 10.2. The predicted molar refractivity (Wildman–Crippen MR) is 65.2 cm³/mol.